The highest BCUT2D eigenvalue weighted by Gasteiger charge is 2.04. The van der Waals surface area contributed by atoms with E-state index < -0.39 is 0 Å². The Labute approximate surface area is 100 Å². The molecule has 0 aliphatic heterocycles. The van der Waals surface area contributed by atoms with Crippen LogP contribution in [-0.2, 0) is 20.7 Å². The van der Waals surface area contributed by atoms with E-state index in [-0.39, 0.29) is 11.9 Å². The Morgan fingerprint density at radius 3 is 2.88 bits per heavy atom. The first-order chi connectivity index (χ1) is 8.22. The second-order valence-corrected chi connectivity index (χ2v) is 3.61. The molecule has 17 heavy (non-hydrogen) atoms. The quantitative estimate of drug-likeness (QED) is 0.575. The van der Waals surface area contributed by atoms with Gasteiger partial charge in [0.2, 0.25) is 5.91 Å². The second kappa shape index (κ2) is 7.49. The van der Waals surface area contributed by atoms with E-state index in [0.29, 0.717) is 32.2 Å². The van der Waals surface area contributed by atoms with Gasteiger partial charge >= 0.3 is 5.97 Å². The van der Waals surface area contributed by atoms with Crippen LogP contribution in [0.15, 0.2) is 22.8 Å². The van der Waals surface area contributed by atoms with E-state index in [4.69, 9.17) is 4.42 Å². The first-order valence-electron chi connectivity index (χ1n) is 5.58. The zero-order valence-corrected chi connectivity index (χ0v) is 9.90. The van der Waals surface area contributed by atoms with Crippen molar-refractivity contribution in [3.8, 4) is 0 Å². The number of amides is 1. The van der Waals surface area contributed by atoms with Crippen LogP contribution in [0, 0.1) is 0 Å². The average molecular weight is 239 g/mol. The van der Waals surface area contributed by atoms with E-state index in [1.54, 1.807) is 12.3 Å². The molecule has 0 unspecified atom stereocenters. The lowest BCUT2D eigenvalue weighted by atomic mass is 10.2. The summed E-state index contributed by atoms with van der Waals surface area (Å²) >= 11 is 0. The lowest BCUT2D eigenvalue weighted by molar-refractivity contribution is -0.140. The third-order valence-corrected chi connectivity index (χ3v) is 2.29. The van der Waals surface area contributed by atoms with E-state index in [1.807, 2.05) is 6.07 Å². The first-order valence-corrected chi connectivity index (χ1v) is 5.58. The van der Waals surface area contributed by atoms with E-state index in [9.17, 15) is 9.59 Å². The van der Waals surface area contributed by atoms with Gasteiger partial charge in [0.05, 0.1) is 13.4 Å². The van der Waals surface area contributed by atoms with E-state index in [1.165, 1.54) is 7.11 Å². The molecule has 1 amide bonds. The summed E-state index contributed by atoms with van der Waals surface area (Å²) < 4.78 is 9.60. The molecule has 94 valence electrons. The number of rotatable bonds is 7. The minimum atomic E-state index is -0.255. The number of furan rings is 1. The number of carbonyl (C=O) groups is 2. The maximum absolute atomic E-state index is 11.4. The fraction of sp³-hybridized carbons (Fsp3) is 0.500. The predicted octanol–water partition coefficient (Wildman–Crippen LogP) is 1.28. The van der Waals surface area contributed by atoms with Gasteiger partial charge in [-0.25, -0.2) is 0 Å². The third kappa shape index (κ3) is 5.75. The number of carbonyl (C=O) groups excluding carboxylic acids is 2. The van der Waals surface area contributed by atoms with E-state index >= 15 is 0 Å². The summed E-state index contributed by atoms with van der Waals surface area (Å²) in [6.45, 7) is 0.492. The molecule has 0 atom stereocenters. The summed E-state index contributed by atoms with van der Waals surface area (Å²) in [5.41, 5.74) is 0. The van der Waals surface area contributed by atoms with Crippen molar-refractivity contribution >= 4 is 11.9 Å². The lowest BCUT2D eigenvalue weighted by Gasteiger charge is -2.03. The largest absolute Gasteiger partial charge is 0.469 e. The Morgan fingerprint density at radius 2 is 2.24 bits per heavy atom. The normalized spacial score (nSPS) is 9.94. The van der Waals surface area contributed by atoms with Gasteiger partial charge < -0.3 is 14.5 Å². The van der Waals surface area contributed by atoms with Crippen molar-refractivity contribution in [2.45, 2.75) is 25.7 Å². The van der Waals surface area contributed by atoms with Crippen molar-refractivity contribution in [2.24, 2.45) is 0 Å². The van der Waals surface area contributed by atoms with Crippen LogP contribution >= 0.6 is 0 Å². The lowest BCUT2D eigenvalue weighted by Crippen LogP contribution is -2.25. The molecule has 0 radical (unpaired) electrons. The summed E-state index contributed by atoms with van der Waals surface area (Å²) in [6.07, 6.45) is 3.50. The molecule has 1 rings (SSSR count). The minimum Gasteiger partial charge on any atom is -0.469 e. The van der Waals surface area contributed by atoms with Crippen LogP contribution in [0.1, 0.15) is 25.0 Å². The standard InChI is InChI=1S/C12H17NO4/c1-16-12(15)5-2-8-13-11(14)7-6-10-4-3-9-17-10/h3-4,9H,2,5-8H2,1H3,(H,13,14). The van der Waals surface area contributed by atoms with Crippen LogP contribution in [0.2, 0.25) is 0 Å². The number of nitrogens with one attached hydrogen (secondary N) is 1. The van der Waals surface area contributed by atoms with Gasteiger partial charge in [-0.05, 0) is 18.6 Å². The molecule has 1 aromatic rings. The fourth-order valence-electron chi connectivity index (χ4n) is 1.34. The summed E-state index contributed by atoms with van der Waals surface area (Å²) in [4.78, 5) is 22.2. The van der Waals surface area contributed by atoms with Crippen LogP contribution in [0.4, 0.5) is 0 Å². The second-order valence-electron chi connectivity index (χ2n) is 3.61. The van der Waals surface area contributed by atoms with Gasteiger partial charge in [0.15, 0.2) is 0 Å². The Balaban J connectivity index is 2.03. The topological polar surface area (TPSA) is 68.5 Å². The summed E-state index contributed by atoms with van der Waals surface area (Å²) in [5.74, 6) is 0.510. The number of esters is 1. The van der Waals surface area contributed by atoms with E-state index in [2.05, 4.69) is 10.1 Å². The van der Waals surface area contributed by atoms with Crippen LogP contribution in [-0.4, -0.2) is 25.5 Å². The Morgan fingerprint density at radius 1 is 1.41 bits per heavy atom. The molecule has 0 saturated heterocycles. The van der Waals surface area contributed by atoms with Crippen molar-refractivity contribution in [1.29, 1.82) is 0 Å². The Hall–Kier alpha value is -1.78. The van der Waals surface area contributed by atoms with Crippen LogP contribution in [0.5, 0.6) is 0 Å². The summed E-state index contributed by atoms with van der Waals surface area (Å²) in [7, 11) is 1.35. The number of hydrogen-bond acceptors (Lipinski definition) is 4. The van der Waals surface area contributed by atoms with Crippen LogP contribution in [0.25, 0.3) is 0 Å². The molecular weight excluding hydrogens is 222 g/mol. The highest BCUT2D eigenvalue weighted by atomic mass is 16.5. The first kappa shape index (κ1) is 13.3. The molecule has 0 aliphatic carbocycles. The minimum absolute atomic E-state index is 0.0359. The molecule has 0 saturated carbocycles. The van der Waals surface area contributed by atoms with Crippen LogP contribution < -0.4 is 5.32 Å². The molecule has 5 heteroatoms. The Kier molecular flexibility index (Phi) is 5.85. The maximum atomic E-state index is 11.4. The highest BCUT2D eigenvalue weighted by molar-refractivity contribution is 5.76. The van der Waals surface area contributed by atoms with Crippen LogP contribution in [0.3, 0.4) is 0 Å². The SMILES string of the molecule is COC(=O)CCCNC(=O)CCc1ccco1. The number of hydrogen-bond donors (Lipinski definition) is 1. The summed E-state index contributed by atoms with van der Waals surface area (Å²) in [5, 5.41) is 2.74. The molecule has 1 N–H and O–H groups in total. The molecule has 1 aromatic heterocycles. The summed E-state index contributed by atoms with van der Waals surface area (Å²) in [6, 6.07) is 3.63. The predicted molar refractivity (Wildman–Crippen MR) is 61.3 cm³/mol. The molecule has 0 bridgehead atoms. The highest BCUT2D eigenvalue weighted by Crippen LogP contribution is 2.03. The molecule has 0 fully saturated rings. The molecule has 5 nitrogen and oxygen atoms in total. The average Bonchev–Trinajstić information content (AvgIpc) is 2.84. The van der Waals surface area contributed by atoms with Gasteiger partial charge in [-0.3, -0.25) is 9.59 Å². The van der Waals surface area contributed by atoms with Crippen molar-refractivity contribution in [2.75, 3.05) is 13.7 Å². The van der Waals surface area contributed by atoms with Crippen molar-refractivity contribution in [3.05, 3.63) is 24.2 Å². The smallest absolute Gasteiger partial charge is 0.305 e. The third-order valence-electron chi connectivity index (χ3n) is 2.29. The molecule has 0 spiro atoms. The van der Waals surface area contributed by atoms with Crippen molar-refractivity contribution in [1.82, 2.24) is 5.32 Å². The van der Waals surface area contributed by atoms with Crippen molar-refractivity contribution < 1.29 is 18.7 Å². The molecule has 0 aliphatic rings. The Bertz CT molecular complexity index is 345. The number of ether oxygens (including phenoxy) is 1. The van der Waals surface area contributed by atoms with Gasteiger partial charge in [0, 0.05) is 25.8 Å². The van der Waals surface area contributed by atoms with Crippen molar-refractivity contribution in [3.63, 3.8) is 0 Å². The number of aryl methyl sites for hydroxylation is 1. The monoisotopic (exact) mass is 239 g/mol. The zero-order chi connectivity index (χ0) is 12.5. The van der Waals surface area contributed by atoms with Gasteiger partial charge in [-0.1, -0.05) is 0 Å². The number of methoxy groups -OCH3 is 1. The van der Waals surface area contributed by atoms with Gasteiger partial charge in [0.1, 0.15) is 5.76 Å². The molecule has 0 aromatic carbocycles. The fourth-order valence-corrected chi connectivity index (χ4v) is 1.34. The van der Waals surface area contributed by atoms with Gasteiger partial charge in [-0.2, -0.15) is 0 Å². The molecule has 1 heterocycles. The zero-order valence-electron chi connectivity index (χ0n) is 9.90. The van der Waals surface area contributed by atoms with E-state index in [0.717, 1.165) is 5.76 Å². The van der Waals surface area contributed by atoms with Gasteiger partial charge in [-0.15, -0.1) is 0 Å². The molecular formula is C12H17NO4. The van der Waals surface area contributed by atoms with Gasteiger partial charge in [0.25, 0.3) is 0 Å². The maximum Gasteiger partial charge on any atom is 0.305 e.